The van der Waals surface area contributed by atoms with E-state index in [0.717, 1.165) is 35.7 Å². The van der Waals surface area contributed by atoms with Crippen LogP contribution in [0.3, 0.4) is 0 Å². The molecule has 0 radical (unpaired) electrons. The Balaban J connectivity index is 2.85. The van der Waals surface area contributed by atoms with Gasteiger partial charge in [0.05, 0.1) is 0 Å². The zero-order chi connectivity index (χ0) is 12.8. The fourth-order valence-electron chi connectivity index (χ4n) is 1.52. The lowest BCUT2D eigenvalue weighted by atomic mass is 10.1. The van der Waals surface area contributed by atoms with Crippen molar-refractivity contribution >= 4 is 22.1 Å². The van der Waals surface area contributed by atoms with Gasteiger partial charge in [0, 0.05) is 4.47 Å². The van der Waals surface area contributed by atoms with Crippen molar-refractivity contribution in [1.29, 1.82) is 0 Å². The molecule has 0 aliphatic heterocycles. The van der Waals surface area contributed by atoms with Crippen molar-refractivity contribution in [3.05, 3.63) is 22.2 Å². The number of rotatable bonds is 5. The van der Waals surface area contributed by atoms with Crippen molar-refractivity contribution in [1.82, 2.24) is 0 Å². The average Bonchev–Trinajstić information content (AvgIpc) is 2.24. The van der Waals surface area contributed by atoms with Crippen LogP contribution in [0.25, 0.3) is 0 Å². The number of benzene rings is 1. The molecule has 0 aliphatic rings. The van der Waals surface area contributed by atoms with E-state index in [1.54, 1.807) is 6.07 Å². The molecule has 0 aromatic heterocycles. The monoisotopic (exact) mass is 302 g/mol. The number of phenolic OH excluding ortho intramolecular Hbond substituents is 1. The number of unbranched alkanes of at least 4 members (excludes halogenated alkanes) is 2. The van der Waals surface area contributed by atoms with E-state index in [1.807, 2.05) is 0 Å². The normalized spacial score (nSPS) is 10.2. The second kappa shape index (κ2) is 6.49. The molecule has 0 unspecified atom stereocenters. The van der Waals surface area contributed by atoms with Gasteiger partial charge in [-0.25, -0.2) is 4.79 Å². The van der Waals surface area contributed by atoms with Gasteiger partial charge in [0.15, 0.2) is 11.5 Å². The minimum Gasteiger partial charge on any atom is -0.504 e. The van der Waals surface area contributed by atoms with Crippen LogP contribution in [-0.2, 0) is 6.42 Å². The van der Waals surface area contributed by atoms with Gasteiger partial charge in [-0.2, -0.15) is 0 Å². The maximum Gasteiger partial charge on any atom is 0.511 e. The Hall–Kier alpha value is -1.23. The summed E-state index contributed by atoms with van der Waals surface area (Å²) in [7, 11) is 0. The minimum atomic E-state index is -1.43. The molecule has 0 fully saturated rings. The molecule has 0 spiro atoms. The molecular formula is C12H15BrO4. The van der Waals surface area contributed by atoms with E-state index in [-0.39, 0.29) is 11.5 Å². The smallest absolute Gasteiger partial charge is 0.504 e. The molecule has 17 heavy (non-hydrogen) atoms. The first-order valence-electron chi connectivity index (χ1n) is 5.46. The lowest BCUT2D eigenvalue weighted by Crippen LogP contribution is -2.03. The number of phenols is 1. The standard InChI is InChI=1S/C12H15BrO4/c1-2-3-4-5-8-6-11(17-12(15)16)10(14)7-9(8)13/h6-7,14H,2-5H2,1H3,(H,15,16). The predicted octanol–water partition coefficient (Wildman–Crippen LogP) is 3.94. The van der Waals surface area contributed by atoms with Crippen molar-refractivity contribution in [2.75, 3.05) is 0 Å². The summed E-state index contributed by atoms with van der Waals surface area (Å²) in [5.41, 5.74) is 0.938. The number of carbonyl (C=O) groups is 1. The fourth-order valence-corrected chi connectivity index (χ4v) is 2.05. The van der Waals surface area contributed by atoms with Crippen molar-refractivity contribution in [2.24, 2.45) is 0 Å². The summed E-state index contributed by atoms with van der Waals surface area (Å²) in [6.07, 6.45) is 2.65. The zero-order valence-electron chi connectivity index (χ0n) is 9.57. The molecule has 0 heterocycles. The number of hydrogen-bond acceptors (Lipinski definition) is 3. The van der Waals surface area contributed by atoms with Crippen LogP contribution in [0, 0.1) is 0 Å². The lowest BCUT2D eigenvalue weighted by Gasteiger charge is -2.09. The quantitative estimate of drug-likeness (QED) is 0.491. The van der Waals surface area contributed by atoms with Gasteiger partial charge in [0.2, 0.25) is 0 Å². The van der Waals surface area contributed by atoms with Gasteiger partial charge in [0.25, 0.3) is 0 Å². The molecule has 1 aromatic carbocycles. The largest absolute Gasteiger partial charge is 0.511 e. The third-order valence-electron chi connectivity index (χ3n) is 2.37. The molecule has 5 heteroatoms. The first kappa shape index (κ1) is 13.8. The van der Waals surface area contributed by atoms with Crippen molar-refractivity contribution in [2.45, 2.75) is 32.6 Å². The summed E-state index contributed by atoms with van der Waals surface area (Å²) in [4.78, 5) is 10.4. The SMILES string of the molecule is CCCCCc1cc(OC(=O)O)c(O)cc1Br. The maximum absolute atomic E-state index is 10.4. The Labute approximate surface area is 108 Å². The van der Waals surface area contributed by atoms with Crippen LogP contribution in [0.5, 0.6) is 11.5 Å². The fraction of sp³-hybridized carbons (Fsp3) is 0.417. The van der Waals surface area contributed by atoms with E-state index in [0.29, 0.717) is 0 Å². The summed E-state index contributed by atoms with van der Waals surface area (Å²) in [5.74, 6) is -0.203. The van der Waals surface area contributed by atoms with Crippen LogP contribution in [0.2, 0.25) is 0 Å². The number of hydrogen-bond donors (Lipinski definition) is 2. The number of carboxylic acid groups (broad SMARTS) is 1. The van der Waals surface area contributed by atoms with Gasteiger partial charge in [-0.3, -0.25) is 0 Å². The highest BCUT2D eigenvalue weighted by atomic mass is 79.9. The van der Waals surface area contributed by atoms with E-state index < -0.39 is 6.16 Å². The topological polar surface area (TPSA) is 66.8 Å². The first-order chi connectivity index (χ1) is 8.04. The highest BCUT2D eigenvalue weighted by Crippen LogP contribution is 2.33. The van der Waals surface area contributed by atoms with Crippen LogP contribution < -0.4 is 4.74 Å². The van der Waals surface area contributed by atoms with E-state index >= 15 is 0 Å². The predicted molar refractivity (Wildman–Crippen MR) is 67.7 cm³/mol. The third kappa shape index (κ3) is 4.26. The molecule has 2 N–H and O–H groups in total. The second-order valence-electron chi connectivity index (χ2n) is 3.74. The van der Waals surface area contributed by atoms with Crippen LogP contribution >= 0.6 is 15.9 Å². The number of aryl methyl sites for hydroxylation is 1. The first-order valence-corrected chi connectivity index (χ1v) is 6.26. The molecular weight excluding hydrogens is 288 g/mol. The second-order valence-corrected chi connectivity index (χ2v) is 4.59. The summed E-state index contributed by atoms with van der Waals surface area (Å²) in [5, 5.41) is 18.0. The summed E-state index contributed by atoms with van der Waals surface area (Å²) in [6.45, 7) is 2.12. The Kier molecular flexibility index (Phi) is 5.28. The van der Waals surface area contributed by atoms with E-state index in [1.165, 1.54) is 6.07 Å². The van der Waals surface area contributed by atoms with Gasteiger partial charge in [0.1, 0.15) is 0 Å². The highest BCUT2D eigenvalue weighted by molar-refractivity contribution is 9.10. The molecule has 1 rings (SSSR count). The number of ether oxygens (including phenoxy) is 1. The van der Waals surface area contributed by atoms with Gasteiger partial charge in [-0.1, -0.05) is 35.7 Å². The van der Waals surface area contributed by atoms with E-state index in [4.69, 9.17) is 5.11 Å². The summed E-state index contributed by atoms with van der Waals surface area (Å²) in [6, 6.07) is 3.02. The molecule has 0 amide bonds. The van der Waals surface area contributed by atoms with Crippen molar-refractivity contribution < 1.29 is 19.7 Å². The Morgan fingerprint density at radius 1 is 1.41 bits per heavy atom. The molecule has 0 saturated carbocycles. The van der Waals surface area contributed by atoms with Gasteiger partial charge in [-0.15, -0.1) is 0 Å². The zero-order valence-corrected chi connectivity index (χ0v) is 11.2. The van der Waals surface area contributed by atoms with Gasteiger partial charge in [-0.05, 0) is 30.5 Å². The molecule has 0 atom stereocenters. The van der Waals surface area contributed by atoms with Crippen LogP contribution in [0.4, 0.5) is 4.79 Å². The molecule has 1 aromatic rings. The molecule has 94 valence electrons. The Morgan fingerprint density at radius 2 is 2.12 bits per heavy atom. The number of aromatic hydroxyl groups is 1. The third-order valence-corrected chi connectivity index (χ3v) is 3.11. The van der Waals surface area contributed by atoms with Crippen LogP contribution in [0.15, 0.2) is 16.6 Å². The minimum absolute atomic E-state index is 0.0211. The van der Waals surface area contributed by atoms with Gasteiger partial charge < -0.3 is 14.9 Å². The summed E-state index contributed by atoms with van der Waals surface area (Å²) >= 11 is 3.34. The maximum atomic E-state index is 10.4. The van der Waals surface area contributed by atoms with E-state index in [2.05, 4.69) is 27.6 Å². The molecule has 0 saturated heterocycles. The van der Waals surface area contributed by atoms with Crippen LogP contribution in [-0.4, -0.2) is 16.4 Å². The van der Waals surface area contributed by atoms with Crippen molar-refractivity contribution in [3.63, 3.8) is 0 Å². The van der Waals surface area contributed by atoms with Crippen LogP contribution in [0.1, 0.15) is 31.7 Å². The Morgan fingerprint density at radius 3 is 2.71 bits per heavy atom. The van der Waals surface area contributed by atoms with Crippen molar-refractivity contribution in [3.8, 4) is 11.5 Å². The molecule has 0 bridgehead atoms. The molecule has 0 aliphatic carbocycles. The summed E-state index contributed by atoms with van der Waals surface area (Å²) < 4.78 is 5.26. The Bertz CT molecular complexity index is 404. The highest BCUT2D eigenvalue weighted by Gasteiger charge is 2.11. The number of halogens is 1. The molecule has 4 nitrogen and oxygen atoms in total. The van der Waals surface area contributed by atoms with E-state index in [9.17, 15) is 9.90 Å². The average molecular weight is 303 g/mol. The lowest BCUT2D eigenvalue weighted by molar-refractivity contribution is 0.143. The van der Waals surface area contributed by atoms with Gasteiger partial charge >= 0.3 is 6.16 Å².